The van der Waals surface area contributed by atoms with Gasteiger partial charge >= 0.3 is 0 Å². The quantitative estimate of drug-likeness (QED) is 0.434. The van der Waals surface area contributed by atoms with E-state index in [1.807, 2.05) is 13.8 Å². The molecule has 2 rings (SSSR count). The number of anilines is 1. The predicted molar refractivity (Wildman–Crippen MR) is 123 cm³/mol. The van der Waals surface area contributed by atoms with Gasteiger partial charge < -0.3 is 14.0 Å². The third-order valence-corrected chi connectivity index (χ3v) is 10.2. The normalized spacial score (nSPS) is 17.3. The molecule has 1 N–H and O–H groups in total. The summed E-state index contributed by atoms with van der Waals surface area (Å²) < 4.78 is 65.1. The summed E-state index contributed by atoms with van der Waals surface area (Å²) in [6.07, 6.45) is 1.36. The molecule has 11 nitrogen and oxygen atoms in total. The van der Waals surface area contributed by atoms with Gasteiger partial charge in [0, 0.05) is 31.7 Å². The molecule has 1 fully saturated rings. The highest BCUT2D eigenvalue weighted by Gasteiger charge is 2.47. The Morgan fingerprint density at radius 2 is 1.79 bits per heavy atom. The lowest BCUT2D eigenvalue weighted by Crippen LogP contribution is -2.52. The Morgan fingerprint density at radius 3 is 2.33 bits per heavy atom. The van der Waals surface area contributed by atoms with E-state index in [-0.39, 0.29) is 31.8 Å². The highest BCUT2D eigenvalue weighted by molar-refractivity contribution is 7.94. The number of carbonyl (C=O) groups is 1. The van der Waals surface area contributed by atoms with Crippen molar-refractivity contribution in [3.8, 4) is 0 Å². The van der Waals surface area contributed by atoms with Crippen LogP contribution >= 0.6 is 0 Å². The van der Waals surface area contributed by atoms with Crippen LogP contribution in [-0.2, 0) is 39.5 Å². The maximum absolute atomic E-state index is 13.2. The van der Waals surface area contributed by atoms with Gasteiger partial charge in [-0.2, -0.15) is 0 Å². The molecule has 2 heterocycles. The number of ether oxygens (including phenoxy) is 2. The number of amides is 1. The molecule has 1 aromatic heterocycles. The average Bonchev–Trinajstić information content (AvgIpc) is 3.20. The highest BCUT2D eigenvalue weighted by atomic mass is 32.2. The lowest BCUT2D eigenvalue weighted by molar-refractivity contribution is -0.118. The van der Waals surface area contributed by atoms with E-state index >= 15 is 0 Å². The minimum atomic E-state index is -3.92. The van der Waals surface area contributed by atoms with Gasteiger partial charge in [-0.05, 0) is 26.7 Å². The van der Waals surface area contributed by atoms with Crippen LogP contribution in [0.2, 0.25) is 0 Å². The van der Waals surface area contributed by atoms with Gasteiger partial charge in [0.1, 0.15) is 4.75 Å². The smallest absolute Gasteiger partial charge is 0.247 e. The molecular formula is C20H35N3O8S2. The fourth-order valence-corrected chi connectivity index (χ4v) is 6.33. The lowest BCUT2D eigenvalue weighted by Gasteiger charge is -2.34. The number of nitrogens with one attached hydrogen (secondary N) is 1. The first-order valence-electron chi connectivity index (χ1n) is 10.7. The number of methoxy groups -OCH3 is 1. The maximum atomic E-state index is 13.2. The summed E-state index contributed by atoms with van der Waals surface area (Å²) in [4.78, 5) is 12.9. The second-order valence-electron chi connectivity index (χ2n) is 9.38. The first-order valence-corrected chi connectivity index (χ1v) is 14.1. The molecule has 33 heavy (non-hydrogen) atoms. The minimum Gasteiger partial charge on any atom is -0.382 e. The number of aromatic nitrogens is 1. The molecule has 0 aliphatic carbocycles. The van der Waals surface area contributed by atoms with Gasteiger partial charge in [-0.3, -0.25) is 10.1 Å². The van der Waals surface area contributed by atoms with Crippen LogP contribution in [0.4, 0.5) is 5.88 Å². The molecule has 1 amide bonds. The summed E-state index contributed by atoms with van der Waals surface area (Å²) in [5.74, 6) is -0.708. The van der Waals surface area contributed by atoms with Gasteiger partial charge in [0.2, 0.25) is 21.8 Å². The van der Waals surface area contributed by atoms with Gasteiger partial charge in [-0.1, -0.05) is 19.0 Å². The Kier molecular flexibility index (Phi) is 8.72. The molecule has 0 atom stereocenters. The second kappa shape index (κ2) is 10.4. The fourth-order valence-electron chi connectivity index (χ4n) is 3.48. The minimum absolute atomic E-state index is 0.0372. The largest absolute Gasteiger partial charge is 0.382 e. The molecule has 0 aromatic carbocycles. The van der Waals surface area contributed by atoms with Gasteiger partial charge in [0.25, 0.3) is 0 Å². The average molecular weight is 510 g/mol. The summed E-state index contributed by atoms with van der Waals surface area (Å²) in [7, 11) is -5.71. The van der Waals surface area contributed by atoms with Crippen LogP contribution in [0.5, 0.6) is 0 Å². The maximum Gasteiger partial charge on any atom is 0.247 e. The van der Waals surface area contributed by atoms with E-state index in [9.17, 15) is 21.6 Å². The molecule has 0 radical (unpaired) electrons. The number of nitrogens with zero attached hydrogens (tertiary/aromatic N) is 2. The van der Waals surface area contributed by atoms with E-state index in [0.717, 1.165) is 6.26 Å². The zero-order valence-corrected chi connectivity index (χ0v) is 21.7. The van der Waals surface area contributed by atoms with Crippen molar-refractivity contribution in [2.24, 2.45) is 0 Å². The third-order valence-electron chi connectivity index (χ3n) is 5.90. The molecule has 1 saturated heterocycles. The molecule has 1 aromatic rings. The Labute approximate surface area is 196 Å². The Bertz CT molecular complexity index is 1020. The number of sulfone groups is 1. The molecular weight excluding hydrogens is 474 g/mol. The summed E-state index contributed by atoms with van der Waals surface area (Å²) in [5, 5.41) is 5.69. The van der Waals surface area contributed by atoms with Crippen molar-refractivity contribution < 1.29 is 35.6 Å². The summed E-state index contributed by atoms with van der Waals surface area (Å²) in [6.45, 7) is 7.94. The highest BCUT2D eigenvalue weighted by Crippen LogP contribution is 2.31. The zero-order valence-electron chi connectivity index (χ0n) is 20.1. The van der Waals surface area contributed by atoms with Crippen LogP contribution in [0.1, 0.15) is 46.2 Å². The van der Waals surface area contributed by atoms with E-state index < -0.39 is 41.2 Å². The number of piperidine rings is 1. The van der Waals surface area contributed by atoms with Gasteiger partial charge in [0.05, 0.1) is 37.0 Å². The number of hydrogen-bond donors (Lipinski definition) is 1. The molecule has 0 saturated carbocycles. The van der Waals surface area contributed by atoms with E-state index in [2.05, 4.69) is 10.5 Å². The number of sulfonamides is 1. The van der Waals surface area contributed by atoms with Gasteiger partial charge in [-0.15, -0.1) is 0 Å². The zero-order chi connectivity index (χ0) is 25.1. The van der Waals surface area contributed by atoms with Crippen molar-refractivity contribution in [1.82, 2.24) is 9.46 Å². The predicted octanol–water partition coefficient (Wildman–Crippen LogP) is 1.17. The van der Waals surface area contributed by atoms with E-state index in [1.54, 1.807) is 13.2 Å². The number of carbonyl (C=O) groups excluding carboxylic acids is 1. The van der Waals surface area contributed by atoms with Crippen LogP contribution in [0.3, 0.4) is 0 Å². The number of rotatable bonds is 11. The van der Waals surface area contributed by atoms with Crippen molar-refractivity contribution >= 4 is 31.7 Å². The summed E-state index contributed by atoms with van der Waals surface area (Å²) >= 11 is 0. The Hall–Kier alpha value is -1.54. The van der Waals surface area contributed by atoms with Crippen molar-refractivity contribution in [2.45, 2.75) is 55.9 Å². The van der Waals surface area contributed by atoms with E-state index in [4.69, 9.17) is 14.0 Å². The van der Waals surface area contributed by atoms with Gasteiger partial charge in [0.15, 0.2) is 9.84 Å². The van der Waals surface area contributed by atoms with Crippen LogP contribution in [-0.4, -0.2) is 88.5 Å². The van der Waals surface area contributed by atoms with Crippen molar-refractivity contribution in [1.29, 1.82) is 0 Å². The fraction of sp³-hybridized carbons (Fsp3) is 0.800. The first-order chi connectivity index (χ1) is 15.1. The molecule has 1 aliphatic rings. The molecule has 190 valence electrons. The van der Waals surface area contributed by atoms with E-state index in [0.29, 0.717) is 25.5 Å². The van der Waals surface area contributed by atoms with Gasteiger partial charge in [-0.25, -0.2) is 21.1 Å². The van der Waals surface area contributed by atoms with E-state index in [1.165, 1.54) is 18.2 Å². The Balaban J connectivity index is 2.05. The van der Waals surface area contributed by atoms with Crippen LogP contribution in [0, 0.1) is 0 Å². The lowest BCUT2D eigenvalue weighted by atomic mass is 9.90. The summed E-state index contributed by atoms with van der Waals surface area (Å²) in [6, 6.07) is 1.55. The standard InChI is InChI=1S/C20H35N3O8S2/c1-19(2,14-30-12-11-29-5)16-13-17(31-22-16)21-18(24)20(3,4)33(27,28)15-7-9-23(10-8-15)32(6,25)26/h13,15H,7-12,14H2,1-6H3,(H,21,24). The second-order valence-corrected chi connectivity index (χ2v) is 14.1. The first kappa shape index (κ1) is 27.7. The SMILES string of the molecule is COCCOCC(C)(C)c1cc(NC(=O)C(C)(C)S(=O)(=O)C2CCN(S(C)(=O)=O)CC2)on1. The molecule has 1 aliphatic heterocycles. The van der Waals surface area contributed by atoms with Crippen LogP contribution in [0.25, 0.3) is 0 Å². The van der Waals surface area contributed by atoms with Crippen LogP contribution in [0.15, 0.2) is 10.6 Å². The molecule has 0 unspecified atom stereocenters. The molecule has 13 heteroatoms. The Morgan fingerprint density at radius 1 is 1.18 bits per heavy atom. The number of hydrogen-bond acceptors (Lipinski definition) is 9. The van der Waals surface area contributed by atoms with Crippen LogP contribution < -0.4 is 5.32 Å². The topological polar surface area (TPSA) is 145 Å². The molecule has 0 spiro atoms. The third kappa shape index (κ3) is 6.53. The monoisotopic (exact) mass is 509 g/mol. The van der Waals surface area contributed by atoms with Crippen molar-refractivity contribution in [2.75, 3.05) is 51.6 Å². The van der Waals surface area contributed by atoms with Crippen molar-refractivity contribution in [3.05, 3.63) is 11.8 Å². The molecule has 0 bridgehead atoms. The summed E-state index contributed by atoms with van der Waals surface area (Å²) in [5.41, 5.74) is 0.0408. The van der Waals surface area contributed by atoms with Crippen molar-refractivity contribution in [3.63, 3.8) is 0 Å².